The molecule has 0 aliphatic carbocycles. The number of likely N-dealkylation sites (tertiary alicyclic amines) is 1. The number of fused-ring (bicyclic) bond motifs is 1. The van der Waals surface area contributed by atoms with Gasteiger partial charge in [-0.2, -0.15) is 0 Å². The van der Waals surface area contributed by atoms with Gasteiger partial charge in [0.05, 0.1) is 14.2 Å². The molecule has 0 saturated carbocycles. The Morgan fingerprint density at radius 3 is 2.45 bits per heavy atom. The van der Waals surface area contributed by atoms with Crippen LogP contribution in [0.1, 0.15) is 5.56 Å². The fraction of sp³-hybridized carbons (Fsp3) is 0.600. The van der Waals surface area contributed by atoms with Gasteiger partial charge in [-0.05, 0) is 43.1 Å². The number of ether oxygens (including phenoxy) is 2. The lowest BCUT2D eigenvalue weighted by atomic mass is 10.0. The van der Waals surface area contributed by atoms with Gasteiger partial charge in [-0.15, -0.1) is 12.4 Å². The molecule has 0 amide bonds. The molecule has 0 bridgehead atoms. The van der Waals surface area contributed by atoms with Gasteiger partial charge in [-0.3, -0.25) is 4.90 Å². The molecule has 3 rings (SSSR count). The number of hydrogen-bond acceptors (Lipinski definition) is 4. The van der Waals surface area contributed by atoms with Crippen molar-refractivity contribution >= 4 is 12.4 Å². The standard InChI is InChI=1S/C15H22N2O2.ClH/c1-18-14-3-4-15(19-2)11(5-14)8-17-9-12-6-16-7-13(12)10-17;/h3-5,12-13,16H,6-10H2,1-2H3;1H/t12-,13+;. The lowest BCUT2D eigenvalue weighted by Gasteiger charge is -2.19. The molecular formula is C15H23ClN2O2. The van der Waals surface area contributed by atoms with Gasteiger partial charge in [0.1, 0.15) is 11.5 Å². The van der Waals surface area contributed by atoms with Gasteiger partial charge in [0, 0.05) is 25.2 Å². The van der Waals surface area contributed by atoms with Gasteiger partial charge >= 0.3 is 0 Å². The van der Waals surface area contributed by atoms with E-state index in [4.69, 9.17) is 9.47 Å². The van der Waals surface area contributed by atoms with Crippen LogP contribution in [0, 0.1) is 11.8 Å². The summed E-state index contributed by atoms with van der Waals surface area (Å²) in [5.74, 6) is 3.51. The summed E-state index contributed by atoms with van der Waals surface area (Å²) < 4.78 is 10.8. The van der Waals surface area contributed by atoms with E-state index >= 15 is 0 Å². The van der Waals surface area contributed by atoms with E-state index in [1.54, 1.807) is 14.2 Å². The summed E-state index contributed by atoms with van der Waals surface area (Å²) in [6.07, 6.45) is 0. The average Bonchev–Trinajstić information content (AvgIpc) is 2.99. The molecule has 0 unspecified atom stereocenters. The normalized spacial score (nSPS) is 25.1. The van der Waals surface area contributed by atoms with Crippen molar-refractivity contribution in [1.82, 2.24) is 10.2 Å². The van der Waals surface area contributed by atoms with Crippen molar-refractivity contribution < 1.29 is 9.47 Å². The van der Waals surface area contributed by atoms with Crippen LogP contribution in [0.5, 0.6) is 11.5 Å². The number of halogens is 1. The SMILES string of the molecule is COc1ccc(OC)c(CN2C[C@H]3CNC[C@H]3C2)c1.Cl. The fourth-order valence-corrected chi connectivity index (χ4v) is 3.33. The van der Waals surface area contributed by atoms with Crippen molar-refractivity contribution in [3.63, 3.8) is 0 Å². The van der Waals surface area contributed by atoms with Crippen LogP contribution in [-0.4, -0.2) is 45.3 Å². The van der Waals surface area contributed by atoms with Crippen LogP contribution in [0.15, 0.2) is 18.2 Å². The van der Waals surface area contributed by atoms with E-state index in [1.807, 2.05) is 12.1 Å². The van der Waals surface area contributed by atoms with E-state index in [9.17, 15) is 0 Å². The first-order valence-corrected chi connectivity index (χ1v) is 6.94. The Bertz CT molecular complexity index is 443. The third-order valence-corrected chi connectivity index (χ3v) is 4.35. The second-order valence-electron chi connectivity index (χ2n) is 5.55. The number of rotatable bonds is 4. The Balaban J connectivity index is 0.00000147. The fourth-order valence-electron chi connectivity index (χ4n) is 3.33. The molecule has 2 aliphatic rings. The van der Waals surface area contributed by atoms with Crippen LogP contribution < -0.4 is 14.8 Å². The summed E-state index contributed by atoms with van der Waals surface area (Å²) in [5, 5.41) is 3.48. The number of nitrogens with one attached hydrogen (secondary N) is 1. The van der Waals surface area contributed by atoms with Crippen molar-refractivity contribution in [2.75, 3.05) is 40.4 Å². The third-order valence-electron chi connectivity index (χ3n) is 4.35. The molecule has 1 N–H and O–H groups in total. The highest BCUT2D eigenvalue weighted by Gasteiger charge is 2.36. The topological polar surface area (TPSA) is 33.7 Å². The maximum atomic E-state index is 5.45. The first-order chi connectivity index (χ1) is 9.30. The van der Waals surface area contributed by atoms with Gasteiger partial charge < -0.3 is 14.8 Å². The first kappa shape index (κ1) is 15.4. The molecule has 5 heteroatoms. The largest absolute Gasteiger partial charge is 0.497 e. The Hall–Kier alpha value is -0.970. The minimum atomic E-state index is 0. The highest BCUT2D eigenvalue weighted by atomic mass is 35.5. The minimum absolute atomic E-state index is 0. The summed E-state index contributed by atoms with van der Waals surface area (Å²) in [6, 6.07) is 6.03. The molecule has 2 saturated heterocycles. The van der Waals surface area contributed by atoms with Crippen LogP contribution in [0.3, 0.4) is 0 Å². The molecular weight excluding hydrogens is 276 g/mol. The first-order valence-electron chi connectivity index (χ1n) is 6.94. The summed E-state index contributed by atoms with van der Waals surface area (Å²) >= 11 is 0. The Morgan fingerprint density at radius 1 is 1.15 bits per heavy atom. The molecule has 2 aliphatic heterocycles. The average molecular weight is 299 g/mol. The van der Waals surface area contributed by atoms with Gasteiger partial charge in [-0.25, -0.2) is 0 Å². The third kappa shape index (κ3) is 3.03. The maximum Gasteiger partial charge on any atom is 0.123 e. The van der Waals surface area contributed by atoms with E-state index in [-0.39, 0.29) is 12.4 Å². The second-order valence-corrected chi connectivity index (χ2v) is 5.55. The van der Waals surface area contributed by atoms with Crippen LogP contribution in [0.2, 0.25) is 0 Å². The van der Waals surface area contributed by atoms with Gasteiger partial charge in [0.15, 0.2) is 0 Å². The summed E-state index contributed by atoms with van der Waals surface area (Å²) in [5.41, 5.74) is 1.22. The zero-order chi connectivity index (χ0) is 13.2. The molecule has 1 aromatic carbocycles. The van der Waals surface area contributed by atoms with Crippen LogP contribution in [-0.2, 0) is 6.54 Å². The Labute approximate surface area is 126 Å². The lowest BCUT2D eigenvalue weighted by molar-refractivity contribution is 0.297. The molecule has 4 nitrogen and oxygen atoms in total. The summed E-state index contributed by atoms with van der Waals surface area (Å²) in [4.78, 5) is 2.54. The van der Waals surface area contributed by atoms with Crippen LogP contribution in [0.4, 0.5) is 0 Å². The van der Waals surface area contributed by atoms with Crippen molar-refractivity contribution in [3.8, 4) is 11.5 Å². The molecule has 1 aromatic rings. The van der Waals surface area contributed by atoms with Gasteiger partial charge in [-0.1, -0.05) is 0 Å². The van der Waals surface area contributed by atoms with Crippen LogP contribution >= 0.6 is 12.4 Å². The number of benzene rings is 1. The molecule has 20 heavy (non-hydrogen) atoms. The predicted molar refractivity (Wildman–Crippen MR) is 81.9 cm³/mol. The number of methoxy groups -OCH3 is 2. The monoisotopic (exact) mass is 298 g/mol. The minimum Gasteiger partial charge on any atom is -0.497 e. The molecule has 0 aromatic heterocycles. The van der Waals surface area contributed by atoms with Gasteiger partial charge in [0.25, 0.3) is 0 Å². The Morgan fingerprint density at radius 2 is 1.85 bits per heavy atom. The quantitative estimate of drug-likeness (QED) is 0.919. The van der Waals surface area contributed by atoms with Crippen molar-refractivity contribution in [2.45, 2.75) is 6.54 Å². The van der Waals surface area contributed by atoms with Crippen molar-refractivity contribution in [3.05, 3.63) is 23.8 Å². The molecule has 0 spiro atoms. The molecule has 2 atom stereocenters. The number of hydrogen-bond donors (Lipinski definition) is 1. The van der Waals surface area contributed by atoms with Crippen molar-refractivity contribution in [1.29, 1.82) is 0 Å². The van der Waals surface area contributed by atoms with Crippen molar-refractivity contribution in [2.24, 2.45) is 11.8 Å². The van der Waals surface area contributed by atoms with Gasteiger partial charge in [0.2, 0.25) is 0 Å². The molecule has 2 fully saturated rings. The maximum absolute atomic E-state index is 5.45. The second kappa shape index (κ2) is 6.66. The molecule has 2 heterocycles. The predicted octanol–water partition coefficient (Wildman–Crippen LogP) is 1.78. The summed E-state index contributed by atoms with van der Waals surface area (Å²) in [7, 11) is 3.44. The number of nitrogens with zero attached hydrogens (tertiary/aromatic N) is 1. The van der Waals surface area contributed by atoms with E-state index in [0.717, 1.165) is 29.9 Å². The van der Waals surface area contributed by atoms with E-state index in [1.165, 1.54) is 31.7 Å². The van der Waals surface area contributed by atoms with E-state index in [2.05, 4.69) is 16.3 Å². The zero-order valence-corrected chi connectivity index (χ0v) is 12.9. The lowest BCUT2D eigenvalue weighted by Crippen LogP contribution is -2.25. The molecule has 112 valence electrons. The highest BCUT2D eigenvalue weighted by Crippen LogP contribution is 2.30. The van der Waals surface area contributed by atoms with E-state index in [0.29, 0.717) is 0 Å². The van der Waals surface area contributed by atoms with E-state index < -0.39 is 0 Å². The zero-order valence-electron chi connectivity index (χ0n) is 12.1. The Kier molecular flexibility index (Phi) is 5.13. The smallest absolute Gasteiger partial charge is 0.123 e. The highest BCUT2D eigenvalue weighted by molar-refractivity contribution is 5.85. The summed E-state index contributed by atoms with van der Waals surface area (Å²) in [6.45, 7) is 5.69. The van der Waals surface area contributed by atoms with Crippen LogP contribution in [0.25, 0.3) is 0 Å². The molecule has 0 radical (unpaired) electrons.